The molecule has 1 aliphatic heterocycles. The SMILES string of the molecule is CCN1C(=O)C(C)(C(=O)Nc2cccnc2)Oc2ccccc21. The van der Waals surface area contributed by atoms with Crippen molar-refractivity contribution < 1.29 is 14.3 Å². The minimum absolute atomic E-state index is 0.389. The molecule has 1 N–H and O–H groups in total. The Morgan fingerprint density at radius 2 is 2.09 bits per heavy atom. The van der Waals surface area contributed by atoms with Crippen molar-refractivity contribution in [3.63, 3.8) is 0 Å². The summed E-state index contributed by atoms with van der Waals surface area (Å²) in [5.41, 5.74) is -0.441. The quantitative estimate of drug-likeness (QED) is 0.882. The van der Waals surface area contributed by atoms with Crippen LogP contribution in [0.2, 0.25) is 0 Å². The number of nitrogens with zero attached hydrogens (tertiary/aromatic N) is 2. The number of aromatic nitrogens is 1. The molecule has 2 amide bonds. The Kier molecular flexibility index (Phi) is 3.73. The molecule has 1 aromatic heterocycles. The van der Waals surface area contributed by atoms with Gasteiger partial charge in [0.1, 0.15) is 5.75 Å². The Morgan fingerprint density at radius 3 is 2.78 bits per heavy atom. The van der Waals surface area contributed by atoms with Gasteiger partial charge in [-0.3, -0.25) is 14.6 Å². The third-order valence-corrected chi connectivity index (χ3v) is 3.79. The molecule has 0 bridgehead atoms. The van der Waals surface area contributed by atoms with Crippen molar-refractivity contribution in [2.24, 2.45) is 0 Å². The topological polar surface area (TPSA) is 71.5 Å². The highest BCUT2D eigenvalue weighted by Gasteiger charge is 2.50. The van der Waals surface area contributed by atoms with Gasteiger partial charge < -0.3 is 15.0 Å². The molecule has 3 rings (SSSR count). The van der Waals surface area contributed by atoms with Crippen LogP contribution in [0.3, 0.4) is 0 Å². The number of carbonyl (C=O) groups is 2. The number of hydrogen-bond donors (Lipinski definition) is 1. The van der Waals surface area contributed by atoms with Crippen LogP contribution in [0, 0.1) is 0 Å². The van der Waals surface area contributed by atoms with Gasteiger partial charge in [0.2, 0.25) is 0 Å². The number of nitrogens with one attached hydrogen (secondary N) is 1. The number of fused-ring (bicyclic) bond motifs is 1. The Morgan fingerprint density at radius 1 is 1.30 bits per heavy atom. The molecule has 1 aromatic carbocycles. The van der Waals surface area contributed by atoms with Crippen LogP contribution in [0.4, 0.5) is 11.4 Å². The summed E-state index contributed by atoms with van der Waals surface area (Å²) in [7, 11) is 0. The second-order valence-electron chi connectivity index (χ2n) is 5.35. The van der Waals surface area contributed by atoms with E-state index in [1.165, 1.54) is 13.1 Å². The zero-order valence-corrected chi connectivity index (χ0v) is 12.9. The molecule has 0 saturated heterocycles. The molecule has 1 unspecified atom stereocenters. The lowest BCUT2D eigenvalue weighted by Gasteiger charge is -2.39. The average Bonchev–Trinajstić information content (AvgIpc) is 2.57. The summed E-state index contributed by atoms with van der Waals surface area (Å²) in [5.74, 6) is -0.402. The second kappa shape index (κ2) is 5.72. The third-order valence-electron chi connectivity index (χ3n) is 3.79. The summed E-state index contributed by atoms with van der Waals surface area (Å²) in [6, 6.07) is 10.6. The normalized spacial score (nSPS) is 19.7. The Labute approximate surface area is 134 Å². The monoisotopic (exact) mass is 311 g/mol. The zero-order valence-electron chi connectivity index (χ0n) is 12.9. The predicted molar refractivity (Wildman–Crippen MR) is 86.4 cm³/mol. The lowest BCUT2D eigenvalue weighted by atomic mass is 10.00. The van der Waals surface area contributed by atoms with Crippen LogP contribution >= 0.6 is 0 Å². The summed E-state index contributed by atoms with van der Waals surface area (Å²) in [4.78, 5) is 31.0. The summed E-state index contributed by atoms with van der Waals surface area (Å²) >= 11 is 0. The van der Waals surface area contributed by atoms with Crippen molar-refractivity contribution in [1.29, 1.82) is 0 Å². The van der Waals surface area contributed by atoms with Crippen molar-refractivity contribution in [2.75, 3.05) is 16.8 Å². The first-order valence-electron chi connectivity index (χ1n) is 7.37. The van der Waals surface area contributed by atoms with Gasteiger partial charge in [-0.1, -0.05) is 12.1 Å². The minimum atomic E-state index is -1.62. The van der Waals surface area contributed by atoms with E-state index in [4.69, 9.17) is 4.74 Å². The molecule has 23 heavy (non-hydrogen) atoms. The van der Waals surface area contributed by atoms with Gasteiger partial charge in [0.05, 0.1) is 17.6 Å². The molecule has 0 spiro atoms. The number of likely N-dealkylation sites (N-methyl/N-ethyl adjacent to an activating group) is 1. The van der Waals surface area contributed by atoms with Gasteiger partial charge in [-0.25, -0.2) is 0 Å². The number of amides is 2. The number of anilines is 2. The standard InChI is InChI=1S/C17H17N3O3/c1-3-20-13-8-4-5-9-14(13)23-17(2,16(20)22)15(21)19-12-7-6-10-18-11-12/h4-11H,3H2,1-2H3,(H,19,21). The van der Waals surface area contributed by atoms with Crippen LogP contribution in [0.15, 0.2) is 48.8 Å². The van der Waals surface area contributed by atoms with Crippen LogP contribution in [0.1, 0.15) is 13.8 Å². The van der Waals surface area contributed by atoms with Crippen molar-refractivity contribution in [3.8, 4) is 5.75 Å². The summed E-state index contributed by atoms with van der Waals surface area (Å²) in [5, 5.41) is 2.68. The van der Waals surface area contributed by atoms with Crippen LogP contribution in [0.5, 0.6) is 5.75 Å². The van der Waals surface area contributed by atoms with E-state index in [1.807, 2.05) is 19.1 Å². The molecular weight excluding hydrogens is 294 g/mol. The molecule has 0 saturated carbocycles. The van der Waals surface area contributed by atoms with Crippen LogP contribution < -0.4 is 15.0 Å². The van der Waals surface area contributed by atoms with Gasteiger partial charge in [0, 0.05) is 12.7 Å². The minimum Gasteiger partial charge on any atom is -0.465 e. The van der Waals surface area contributed by atoms with Gasteiger partial charge in [-0.15, -0.1) is 0 Å². The van der Waals surface area contributed by atoms with E-state index >= 15 is 0 Å². The summed E-state index contributed by atoms with van der Waals surface area (Å²) < 4.78 is 5.77. The number of benzene rings is 1. The zero-order chi connectivity index (χ0) is 16.4. The first-order valence-corrected chi connectivity index (χ1v) is 7.37. The summed E-state index contributed by atoms with van der Waals surface area (Å²) in [6.07, 6.45) is 3.12. The Bertz CT molecular complexity index is 748. The fraction of sp³-hybridized carbons (Fsp3) is 0.235. The van der Waals surface area contributed by atoms with Gasteiger partial charge >= 0.3 is 0 Å². The molecule has 2 heterocycles. The van der Waals surface area contributed by atoms with Crippen molar-refractivity contribution >= 4 is 23.2 Å². The molecule has 1 aliphatic rings. The number of carbonyl (C=O) groups excluding carboxylic acids is 2. The molecule has 6 heteroatoms. The molecule has 6 nitrogen and oxygen atoms in total. The number of ether oxygens (including phenoxy) is 1. The highest BCUT2D eigenvalue weighted by Crippen LogP contribution is 2.37. The molecule has 0 fully saturated rings. The maximum absolute atomic E-state index is 12.8. The maximum atomic E-state index is 12.8. The maximum Gasteiger partial charge on any atom is 0.280 e. The fourth-order valence-corrected chi connectivity index (χ4v) is 2.54. The largest absolute Gasteiger partial charge is 0.465 e. The third kappa shape index (κ3) is 2.52. The van der Waals surface area contributed by atoms with Crippen LogP contribution in [-0.4, -0.2) is 28.9 Å². The number of pyridine rings is 1. The van der Waals surface area contributed by atoms with E-state index in [2.05, 4.69) is 10.3 Å². The van der Waals surface area contributed by atoms with E-state index in [0.717, 1.165) is 0 Å². The second-order valence-corrected chi connectivity index (χ2v) is 5.35. The average molecular weight is 311 g/mol. The van der Waals surface area contributed by atoms with Gasteiger partial charge in [0.15, 0.2) is 0 Å². The van der Waals surface area contributed by atoms with E-state index in [1.54, 1.807) is 35.4 Å². The van der Waals surface area contributed by atoms with Gasteiger partial charge in [-0.05, 0) is 38.1 Å². The number of para-hydroxylation sites is 2. The lowest BCUT2D eigenvalue weighted by Crippen LogP contribution is -2.60. The van der Waals surface area contributed by atoms with Crippen LogP contribution in [0.25, 0.3) is 0 Å². The van der Waals surface area contributed by atoms with Crippen molar-refractivity contribution in [2.45, 2.75) is 19.4 Å². The number of hydrogen-bond acceptors (Lipinski definition) is 4. The Hall–Kier alpha value is -2.89. The molecule has 0 aliphatic carbocycles. The fourth-order valence-electron chi connectivity index (χ4n) is 2.54. The molecule has 1 atom stereocenters. The predicted octanol–water partition coefficient (Wildman–Crippen LogP) is 2.22. The highest BCUT2D eigenvalue weighted by molar-refractivity contribution is 6.19. The lowest BCUT2D eigenvalue weighted by molar-refractivity contribution is -0.145. The molecule has 2 aromatic rings. The van der Waals surface area contributed by atoms with Crippen molar-refractivity contribution in [3.05, 3.63) is 48.8 Å². The van der Waals surface area contributed by atoms with E-state index in [9.17, 15) is 9.59 Å². The van der Waals surface area contributed by atoms with E-state index in [-0.39, 0.29) is 5.91 Å². The highest BCUT2D eigenvalue weighted by atomic mass is 16.5. The van der Waals surface area contributed by atoms with Crippen molar-refractivity contribution in [1.82, 2.24) is 4.98 Å². The first-order chi connectivity index (χ1) is 11.1. The smallest absolute Gasteiger partial charge is 0.280 e. The Balaban J connectivity index is 1.95. The van der Waals surface area contributed by atoms with Crippen LogP contribution in [-0.2, 0) is 9.59 Å². The summed E-state index contributed by atoms with van der Waals surface area (Å²) in [6.45, 7) is 3.80. The van der Waals surface area contributed by atoms with E-state index < -0.39 is 11.5 Å². The molecular formula is C17H17N3O3. The number of rotatable bonds is 3. The first kappa shape index (κ1) is 15.0. The van der Waals surface area contributed by atoms with Gasteiger partial charge in [0.25, 0.3) is 17.4 Å². The molecule has 0 radical (unpaired) electrons. The van der Waals surface area contributed by atoms with Gasteiger partial charge in [-0.2, -0.15) is 0 Å². The molecule has 118 valence electrons. The van der Waals surface area contributed by atoms with E-state index in [0.29, 0.717) is 23.7 Å².